The quantitative estimate of drug-likeness (QED) is 0.878. The third kappa shape index (κ3) is 2.17. The van der Waals surface area contributed by atoms with Gasteiger partial charge in [0, 0.05) is 31.4 Å². The summed E-state index contributed by atoms with van der Waals surface area (Å²) in [5.74, 6) is 0. The molecule has 19 heavy (non-hydrogen) atoms. The van der Waals surface area contributed by atoms with E-state index in [-0.39, 0.29) is 12.1 Å². The van der Waals surface area contributed by atoms with Crippen molar-refractivity contribution in [3.05, 3.63) is 53.3 Å². The van der Waals surface area contributed by atoms with Crippen LogP contribution in [-0.4, -0.2) is 15.8 Å². The van der Waals surface area contributed by atoms with Crippen molar-refractivity contribution in [3.8, 4) is 0 Å². The normalized spacial score (nSPS) is 23.3. The number of fused-ring (bicyclic) bond motifs is 1. The van der Waals surface area contributed by atoms with Crippen LogP contribution in [0.4, 0.5) is 0 Å². The number of nitrogens with zero attached hydrogens (tertiary/aromatic N) is 2. The minimum atomic E-state index is 0.0758. The molecule has 4 heteroatoms. The van der Waals surface area contributed by atoms with Crippen LogP contribution in [0.15, 0.2) is 36.5 Å². The van der Waals surface area contributed by atoms with Crippen molar-refractivity contribution in [1.82, 2.24) is 15.1 Å². The van der Waals surface area contributed by atoms with Gasteiger partial charge in [-0.1, -0.05) is 24.3 Å². The van der Waals surface area contributed by atoms with Crippen LogP contribution in [0.5, 0.6) is 0 Å². The molecule has 0 aliphatic heterocycles. The number of nitrogens with two attached hydrogens (primary N) is 1. The summed E-state index contributed by atoms with van der Waals surface area (Å²) in [5, 5.41) is 7.85. The van der Waals surface area contributed by atoms with E-state index in [1.54, 1.807) is 0 Å². The van der Waals surface area contributed by atoms with Crippen LogP contribution in [0.25, 0.3) is 0 Å². The number of aryl methyl sites for hydroxylation is 1. The predicted molar refractivity (Wildman–Crippen MR) is 75.6 cm³/mol. The average molecular weight is 256 g/mol. The minimum Gasteiger partial charge on any atom is -0.323 e. The zero-order valence-electron chi connectivity index (χ0n) is 11.4. The number of aromatic nitrogens is 2. The second-order valence-corrected chi connectivity index (χ2v) is 5.30. The van der Waals surface area contributed by atoms with Crippen LogP contribution in [-0.2, 0) is 13.5 Å². The van der Waals surface area contributed by atoms with Gasteiger partial charge in [0.1, 0.15) is 0 Å². The lowest BCUT2D eigenvalue weighted by atomic mass is 10.1. The third-order valence-corrected chi connectivity index (χ3v) is 4.05. The van der Waals surface area contributed by atoms with Crippen LogP contribution in [0, 0.1) is 0 Å². The van der Waals surface area contributed by atoms with E-state index in [4.69, 9.17) is 5.73 Å². The Hall–Kier alpha value is -1.65. The Balaban J connectivity index is 1.75. The average Bonchev–Trinajstić information content (AvgIpc) is 2.95. The van der Waals surface area contributed by atoms with Gasteiger partial charge in [-0.15, -0.1) is 0 Å². The molecule has 0 radical (unpaired) electrons. The monoisotopic (exact) mass is 256 g/mol. The molecule has 1 aromatic carbocycles. The molecule has 0 spiro atoms. The lowest BCUT2D eigenvalue weighted by Crippen LogP contribution is -2.38. The predicted octanol–water partition coefficient (Wildman–Crippen LogP) is 1.70. The highest BCUT2D eigenvalue weighted by atomic mass is 15.3. The van der Waals surface area contributed by atoms with Crippen LogP contribution < -0.4 is 11.1 Å². The van der Waals surface area contributed by atoms with Crippen molar-refractivity contribution in [2.24, 2.45) is 12.8 Å². The molecule has 0 fully saturated rings. The third-order valence-electron chi connectivity index (χ3n) is 4.05. The second-order valence-electron chi connectivity index (χ2n) is 5.30. The molecule has 1 aliphatic rings. The van der Waals surface area contributed by atoms with E-state index < -0.39 is 0 Å². The van der Waals surface area contributed by atoms with Gasteiger partial charge in [-0.25, -0.2) is 0 Å². The van der Waals surface area contributed by atoms with Gasteiger partial charge < -0.3 is 11.1 Å². The van der Waals surface area contributed by atoms with E-state index in [0.717, 1.165) is 6.42 Å². The summed E-state index contributed by atoms with van der Waals surface area (Å²) in [7, 11) is 1.97. The Bertz CT molecular complexity index is 575. The number of hydrogen-bond donors (Lipinski definition) is 2. The Labute approximate surface area is 113 Å². The van der Waals surface area contributed by atoms with Crippen molar-refractivity contribution >= 4 is 0 Å². The smallest absolute Gasteiger partial charge is 0.0547 e. The fourth-order valence-corrected chi connectivity index (χ4v) is 3.00. The molecule has 3 atom stereocenters. The van der Waals surface area contributed by atoms with Gasteiger partial charge >= 0.3 is 0 Å². The number of nitrogens with one attached hydrogen (secondary N) is 1. The molecule has 1 aliphatic carbocycles. The van der Waals surface area contributed by atoms with Gasteiger partial charge in [0.25, 0.3) is 0 Å². The molecule has 1 aromatic heterocycles. The van der Waals surface area contributed by atoms with Gasteiger partial charge in [0.05, 0.1) is 5.69 Å². The Morgan fingerprint density at radius 2 is 2.16 bits per heavy atom. The van der Waals surface area contributed by atoms with E-state index in [0.29, 0.717) is 6.04 Å². The highest BCUT2D eigenvalue weighted by Gasteiger charge is 2.30. The highest BCUT2D eigenvalue weighted by Crippen LogP contribution is 2.30. The standard InChI is InChI=1S/C15H20N4/c1-10(14-7-8-17-19(14)2)18-13-9-11-5-3-4-6-12(11)15(13)16/h3-8,10,13,15,18H,9,16H2,1-2H3/t10?,13-,15-/m1/s1. The molecule has 0 saturated heterocycles. The Kier molecular flexibility index (Phi) is 3.12. The van der Waals surface area contributed by atoms with Crippen LogP contribution in [0.1, 0.15) is 35.8 Å². The summed E-state index contributed by atoms with van der Waals surface area (Å²) < 4.78 is 1.91. The fraction of sp³-hybridized carbons (Fsp3) is 0.400. The maximum atomic E-state index is 6.35. The van der Waals surface area contributed by atoms with E-state index in [1.165, 1.54) is 16.8 Å². The van der Waals surface area contributed by atoms with Crippen LogP contribution >= 0.6 is 0 Å². The second kappa shape index (κ2) is 4.79. The molecule has 2 aromatic rings. The number of benzene rings is 1. The lowest BCUT2D eigenvalue weighted by Gasteiger charge is -2.23. The molecular formula is C15H20N4. The summed E-state index contributed by atoms with van der Waals surface area (Å²) in [4.78, 5) is 0. The van der Waals surface area contributed by atoms with Crippen molar-refractivity contribution < 1.29 is 0 Å². The van der Waals surface area contributed by atoms with E-state index in [1.807, 2.05) is 24.0 Å². The van der Waals surface area contributed by atoms with Crippen LogP contribution in [0.3, 0.4) is 0 Å². The number of rotatable bonds is 3. The van der Waals surface area contributed by atoms with Gasteiger partial charge in [-0.3, -0.25) is 4.68 Å². The maximum Gasteiger partial charge on any atom is 0.0547 e. The van der Waals surface area contributed by atoms with E-state index in [9.17, 15) is 0 Å². The van der Waals surface area contributed by atoms with Gasteiger partial charge in [0.15, 0.2) is 0 Å². The molecule has 0 bridgehead atoms. The first-order chi connectivity index (χ1) is 9.16. The molecule has 0 amide bonds. The molecule has 3 rings (SSSR count). The zero-order valence-corrected chi connectivity index (χ0v) is 11.4. The summed E-state index contributed by atoms with van der Waals surface area (Å²) >= 11 is 0. The molecule has 1 unspecified atom stereocenters. The van der Waals surface area contributed by atoms with Crippen molar-refractivity contribution in [3.63, 3.8) is 0 Å². The van der Waals surface area contributed by atoms with Gasteiger partial charge in [-0.2, -0.15) is 5.10 Å². The molecule has 3 N–H and O–H groups in total. The van der Waals surface area contributed by atoms with Crippen molar-refractivity contribution in [1.29, 1.82) is 0 Å². The molecule has 100 valence electrons. The Morgan fingerprint density at radius 1 is 1.37 bits per heavy atom. The maximum absolute atomic E-state index is 6.35. The molecule has 0 saturated carbocycles. The zero-order chi connectivity index (χ0) is 13.4. The first-order valence-electron chi connectivity index (χ1n) is 6.74. The molecule has 1 heterocycles. The first-order valence-corrected chi connectivity index (χ1v) is 6.74. The molecular weight excluding hydrogens is 236 g/mol. The largest absolute Gasteiger partial charge is 0.323 e. The minimum absolute atomic E-state index is 0.0758. The SMILES string of the molecule is CC(N[C@@H]1Cc2ccccc2[C@H]1N)c1ccnn1C. The first kappa shape index (κ1) is 12.4. The van der Waals surface area contributed by atoms with Gasteiger partial charge in [-0.05, 0) is 30.5 Å². The summed E-state index contributed by atoms with van der Waals surface area (Å²) in [5.41, 5.74) is 10.2. The van der Waals surface area contributed by atoms with Gasteiger partial charge in [0.2, 0.25) is 0 Å². The summed E-state index contributed by atoms with van der Waals surface area (Å²) in [6.45, 7) is 2.16. The number of hydrogen-bond acceptors (Lipinski definition) is 3. The topological polar surface area (TPSA) is 55.9 Å². The summed E-state index contributed by atoms with van der Waals surface area (Å²) in [6, 6.07) is 11.1. The highest BCUT2D eigenvalue weighted by molar-refractivity contribution is 5.37. The van der Waals surface area contributed by atoms with Crippen molar-refractivity contribution in [2.45, 2.75) is 31.5 Å². The van der Waals surface area contributed by atoms with Crippen molar-refractivity contribution in [2.75, 3.05) is 0 Å². The molecule has 4 nitrogen and oxygen atoms in total. The van der Waals surface area contributed by atoms with E-state index >= 15 is 0 Å². The Morgan fingerprint density at radius 3 is 2.84 bits per heavy atom. The fourth-order valence-electron chi connectivity index (χ4n) is 3.00. The lowest BCUT2D eigenvalue weighted by molar-refractivity contribution is 0.405. The van der Waals surface area contributed by atoms with E-state index in [2.05, 4.69) is 41.6 Å². The summed E-state index contributed by atoms with van der Waals surface area (Å²) in [6.07, 6.45) is 2.83. The van der Waals surface area contributed by atoms with Crippen LogP contribution in [0.2, 0.25) is 0 Å².